The van der Waals surface area contributed by atoms with Gasteiger partial charge in [0.25, 0.3) is 0 Å². The molecular formula is C29H28BrNO6. The summed E-state index contributed by atoms with van der Waals surface area (Å²) < 4.78 is 10.4. The smallest absolute Gasteiger partial charge is 0.408 e. The molecule has 0 aromatic heterocycles. The Kier molecular flexibility index (Phi) is 10.1. The van der Waals surface area contributed by atoms with Crippen molar-refractivity contribution >= 4 is 39.6 Å². The molecule has 37 heavy (non-hydrogen) atoms. The Morgan fingerprint density at radius 1 is 0.757 bits per heavy atom. The predicted molar refractivity (Wildman–Crippen MR) is 144 cm³/mol. The molecule has 3 rings (SSSR count). The van der Waals surface area contributed by atoms with Crippen LogP contribution in [-0.2, 0) is 20.9 Å². The number of alkyl carbamates (subject to hydrolysis) is 1. The van der Waals surface area contributed by atoms with E-state index in [1.807, 2.05) is 42.5 Å². The van der Waals surface area contributed by atoms with Gasteiger partial charge in [0.1, 0.15) is 12.6 Å². The number of rotatable bonds is 11. The normalized spacial score (nSPS) is 11.5. The van der Waals surface area contributed by atoms with Gasteiger partial charge in [-0.15, -0.1) is 0 Å². The molecule has 3 aromatic rings. The van der Waals surface area contributed by atoms with Crippen molar-refractivity contribution in [3.05, 3.63) is 95.6 Å². The Hall–Kier alpha value is -3.78. The zero-order chi connectivity index (χ0) is 26.8. The van der Waals surface area contributed by atoms with Gasteiger partial charge in [0.2, 0.25) is 0 Å². The molecule has 1 amide bonds. The van der Waals surface area contributed by atoms with Crippen LogP contribution >= 0.6 is 15.9 Å². The minimum atomic E-state index is -0.960. The number of Topliss-reactive ketones (excluding diaryl/α,β-unsaturated/α-hetero) is 2. The molecule has 0 bridgehead atoms. The van der Waals surface area contributed by atoms with E-state index in [0.717, 1.165) is 16.7 Å². The second-order valence-electron chi connectivity index (χ2n) is 8.67. The van der Waals surface area contributed by atoms with Crippen LogP contribution in [0.15, 0.2) is 78.9 Å². The van der Waals surface area contributed by atoms with Gasteiger partial charge in [0.15, 0.2) is 18.2 Å². The Balaban J connectivity index is 1.53. The third-order valence-corrected chi connectivity index (χ3v) is 6.13. The summed E-state index contributed by atoms with van der Waals surface area (Å²) in [4.78, 5) is 49.1. The highest BCUT2D eigenvalue weighted by molar-refractivity contribution is 9.09. The van der Waals surface area contributed by atoms with Gasteiger partial charge < -0.3 is 14.8 Å². The van der Waals surface area contributed by atoms with Crippen LogP contribution in [0.25, 0.3) is 11.1 Å². The molecule has 1 unspecified atom stereocenters. The highest BCUT2D eigenvalue weighted by Gasteiger charge is 2.27. The zero-order valence-electron chi connectivity index (χ0n) is 20.6. The van der Waals surface area contributed by atoms with Crippen molar-refractivity contribution in [2.75, 3.05) is 11.9 Å². The summed E-state index contributed by atoms with van der Waals surface area (Å²) in [6.45, 7) is 3.13. The molecule has 8 heteroatoms. The van der Waals surface area contributed by atoms with E-state index in [9.17, 15) is 19.2 Å². The van der Waals surface area contributed by atoms with E-state index in [0.29, 0.717) is 11.1 Å². The van der Waals surface area contributed by atoms with Crippen LogP contribution in [-0.4, -0.2) is 41.6 Å². The summed E-state index contributed by atoms with van der Waals surface area (Å²) in [5, 5.41) is 2.78. The second-order valence-corrected chi connectivity index (χ2v) is 9.23. The molecule has 0 radical (unpaired) electrons. The van der Waals surface area contributed by atoms with Gasteiger partial charge in [-0.25, -0.2) is 9.59 Å². The SMILES string of the molecule is CC(C)C(NC(=O)OCc1ccccc1)C(=O)OCC(=O)c1ccc(-c2ccc(C(=O)CBr)cc2)cc1. The number of ketones is 2. The molecule has 1 atom stereocenters. The van der Waals surface area contributed by atoms with Crippen molar-refractivity contribution in [2.24, 2.45) is 5.92 Å². The van der Waals surface area contributed by atoms with Crippen LogP contribution in [0.4, 0.5) is 4.79 Å². The number of ether oxygens (including phenoxy) is 2. The molecule has 7 nitrogen and oxygen atoms in total. The number of esters is 1. The van der Waals surface area contributed by atoms with Gasteiger partial charge in [-0.3, -0.25) is 9.59 Å². The maximum atomic E-state index is 12.6. The molecule has 3 aromatic carbocycles. The first-order valence-electron chi connectivity index (χ1n) is 11.7. The Bertz CT molecular complexity index is 1220. The lowest BCUT2D eigenvalue weighted by Gasteiger charge is -2.20. The number of alkyl halides is 1. The van der Waals surface area contributed by atoms with Crippen molar-refractivity contribution < 1.29 is 28.7 Å². The van der Waals surface area contributed by atoms with Gasteiger partial charge in [-0.1, -0.05) is 109 Å². The summed E-state index contributed by atoms with van der Waals surface area (Å²) in [7, 11) is 0. The lowest BCUT2D eigenvalue weighted by atomic mass is 10.0. The Labute approximate surface area is 224 Å². The maximum absolute atomic E-state index is 12.6. The Morgan fingerprint density at radius 3 is 1.81 bits per heavy atom. The second kappa shape index (κ2) is 13.5. The molecule has 0 spiro atoms. The number of hydrogen-bond donors (Lipinski definition) is 1. The number of carbonyl (C=O) groups is 4. The van der Waals surface area contributed by atoms with Crippen LogP contribution < -0.4 is 5.32 Å². The van der Waals surface area contributed by atoms with Crippen LogP contribution in [0, 0.1) is 5.92 Å². The zero-order valence-corrected chi connectivity index (χ0v) is 22.2. The van der Waals surface area contributed by atoms with Crippen LogP contribution in [0.5, 0.6) is 0 Å². The summed E-state index contributed by atoms with van der Waals surface area (Å²) in [5.74, 6) is -1.36. The van der Waals surface area contributed by atoms with Crippen LogP contribution in [0.3, 0.4) is 0 Å². The van der Waals surface area contributed by atoms with E-state index < -0.39 is 24.7 Å². The third-order valence-electron chi connectivity index (χ3n) is 5.62. The molecule has 1 N–H and O–H groups in total. The molecule has 0 fully saturated rings. The molecule has 0 heterocycles. The van der Waals surface area contributed by atoms with Crippen LogP contribution in [0.2, 0.25) is 0 Å². The highest BCUT2D eigenvalue weighted by Crippen LogP contribution is 2.21. The number of halogens is 1. The number of amides is 1. The van der Waals surface area contributed by atoms with Crippen molar-refractivity contribution in [3.8, 4) is 11.1 Å². The van der Waals surface area contributed by atoms with Crippen LogP contribution in [0.1, 0.15) is 40.1 Å². The molecule has 0 saturated heterocycles. The fourth-order valence-electron chi connectivity index (χ4n) is 3.47. The fourth-order valence-corrected chi connectivity index (χ4v) is 3.80. The average Bonchev–Trinajstić information content (AvgIpc) is 2.93. The average molecular weight is 566 g/mol. The minimum absolute atomic E-state index is 0.000948. The summed E-state index contributed by atoms with van der Waals surface area (Å²) in [6.07, 6.45) is -0.744. The van der Waals surface area contributed by atoms with Gasteiger partial charge in [0, 0.05) is 11.1 Å². The number of hydrogen-bond acceptors (Lipinski definition) is 6. The van der Waals surface area contributed by atoms with E-state index in [-0.39, 0.29) is 29.4 Å². The van der Waals surface area contributed by atoms with E-state index in [2.05, 4.69) is 21.2 Å². The summed E-state index contributed by atoms with van der Waals surface area (Å²) >= 11 is 3.16. The summed E-state index contributed by atoms with van der Waals surface area (Å²) in [5.41, 5.74) is 3.61. The largest absolute Gasteiger partial charge is 0.456 e. The fraction of sp³-hybridized carbons (Fsp3) is 0.241. The van der Waals surface area contributed by atoms with E-state index in [1.54, 1.807) is 50.2 Å². The van der Waals surface area contributed by atoms with Gasteiger partial charge in [0.05, 0.1) is 5.33 Å². The van der Waals surface area contributed by atoms with Crippen molar-refractivity contribution in [1.29, 1.82) is 0 Å². The van der Waals surface area contributed by atoms with Crippen molar-refractivity contribution in [2.45, 2.75) is 26.5 Å². The minimum Gasteiger partial charge on any atom is -0.456 e. The lowest BCUT2D eigenvalue weighted by Crippen LogP contribution is -2.45. The first kappa shape index (κ1) is 27.8. The monoisotopic (exact) mass is 565 g/mol. The standard InChI is InChI=1S/C29H28BrNO6/c1-19(2)27(31-29(35)37-17-20-6-4-3-5-7-20)28(34)36-18-26(33)24-14-10-22(11-15-24)21-8-12-23(13-9-21)25(32)16-30/h3-15,19,27H,16-18H2,1-2H3,(H,31,35). The molecule has 0 aliphatic rings. The first-order valence-corrected chi connectivity index (χ1v) is 12.9. The highest BCUT2D eigenvalue weighted by atomic mass is 79.9. The maximum Gasteiger partial charge on any atom is 0.408 e. The van der Waals surface area contributed by atoms with E-state index in [1.165, 1.54) is 0 Å². The number of benzene rings is 3. The third kappa shape index (κ3) is 8.11. The predicted octanol–water partition coefficient (Wildman–Crippen LogP) is 5.61. The van der Waals surface area contributed by atoms with E-state index >= 15 is 0 Å². The Morgan fingerprint density at radius 2 is 1.30 bits per heavy atom. The first-order chi connectivity index (χ1) is 17.8. The molecule has 0 saturated carbocycles. The van der Waals surface area contributed by atoms with Gasteiger partial charge in [-0.05, 0) is 22.6 Å². The van der Waals surface area contributed by atoms with Gasteiger partial charge >= 0.3 is 12.1 Å². The van der Waals surface area contributed by atoms with Gasteiger partial charge in [-0.2, -0.15) is 0 Å². The number of carbonyl (C=O) groups excluding carboxylic acids is 4. The van der Waals surface area contributed by atoms with Crippen molar-refractivity contribution in [3.63, 3.8) is 0 Å². The topological polar surface area (TPSA) is 98.8 Å². The summed E-state index contributed by atoms with van der Waals surface area (Å²) in [6, 6.07) is 22.3. The molecule has 192 valence electrons. The number of nitrogens with one attached hydrogen (secondary N) is 1. The van der Waals surface area contributed by atoms with E-state index in [4.69, 9.17) is 9.47 Å². The molecule has 0 aliphatic heterocycles. The quantitative estimate of drug-likeness (QED) is 0.184. The lowest BCUT2D eigenvalue weighted by molar-refractivity contribution is -0.146. The molecule has 0 aliphatic carbocycles. The van der Waals surface area contributed by atoms with Crippen molar-refractivity contribution in [1.82, 2.24) is 5.32 Å². The molecular weight excluding hydrogens is 538 g/mol.